The lowest BCUT2D eigenvalue weighted by Crippen LogP contribution is -2.56. The first-order chi connectivity index (χ1) is 19.8. The Labute approximate surface area is 248 Å². The van der Waals surface area contributed by atoms with E-state index in [0.717, 1.165) is 56.3 Å². The zero-order valence-electron chi connectivity index (χ0n) is 24.7. The smallest absolute Gasteiger partial charge is 0.237 e. The molecule has 3 rings (SSSR count). The van der Waals surface area contributed by atoms with Gasteiger partial charge in [0.1, 0.15) is 11.6 Å². The molecule has 0 saturated carbocycles. The minimum Gasteiger partial charge on any atom is -0.390 e. The molecule has 0 aliphatic carbocycles. The monoisotopic (exact) mass is 591 g/mol. The summed E-state index contributed by atoms with van der Waals surface area (Å²) < 4.78 is 33.6. The van der Waals surface area contributed by atoms with Gasteiger partial charge in [0.05, 0.1) is 18.2 Å². The molecule has 1 aliphatic heterocycles. The predicted octanol–water partition coefficient (Wildman–Crippen LogP) is 4.58. The molecule has 41 heavy (non-hydrogen) atoms. The minimum atomic E-state index is -0.960. The van der Waals surface area contributed by atoms with E-state index in [1.807, 2.05) is 25.3 Å². The van der Waals surface area contributed by atoms with Crippen LogP contribution in [0.3, 0.4) is 0 Å². The SMILES string of the molecule is CCOCC1CCN(C(CCSC)C(=O)N[C@@H](Cc2cc(F)cc(F)c2)[C@H](O)CNCc2cccc(CC)c2)CC1. The van der Waals surface area contributed by atoms with E-state index in [9.17, 15) is 18.7 Å². The normalized spacial score (nSPS) is 16.8. The maximum absolute atomic E-state index is 14.0. The Bertz CT molecular complexity index is 1050. The van der Waals surface area contributed by atoms with E-state index < -0.39 is 23.8 Å². The average Bonchev–Trinajstić information content (AvgIpc) is 2.96. The standard InChI is InChI=1S/C32H47F2N3O3S/c1-4-23-7-6-8-25(15-23)20-35-21-31(38)29(18-26-16-27(33)19-28(34)17-26)36-32(39)30(11-14-41-3)37-12-9-24(10-13-37)22-40-5-2/h6-8,15-17,19,24,29-31,35,38H,4-5,9-14,18,20-22H2,1-3H3,(H,36,39)/t29-,30?,31+/m0/s1. The number of aryl methyl sites for hydroxylation is 1. The fourth-order valence-corrected chi connectivity index (χ4v) is 5.89. The predicted molar refractivity (Wildman–Crippen MR) is 163 cm³/mol. The van der Waals surface area contributed by atoms with Crippen molar-refractivity contribution in [3.63, 3.8) is 0 Å². The summed E-state index contributed by atoms with van der Waals surface area (Å²) in [6.45, 7) is 7.97. The summed E-state index contributed by atoms with van der Waals surface area (Å²) in [6, 6.07) is 10.5. The summed E-state index contributed by atoms with van der Waals surface area (Å²) >= 11 is 1.70. The molecular weight excluding hydrogens is 544 g/mol. The van der Waals surface area contributed by atoms with Crippen molar-refractivity contribution < 1.29 is 23.4 Å². The van der Waals surface area contributed by atoms with E-state index in [1.54, 1.807) is 11.8 Å². The van der Waals surface area contributed by atoms with Crippen molar-refractivity contribution in [2.75, 3.05) is 44.9 Å². The van der Waals surface area contributed by atoms with Gasteiger partial charge >= 0.3 is 0 Å². The van der Waals surface area contributed by atoms with Crippen LogP contribution < -0.4 is 10.6 Å². The van der Waals surface area contributed by atoms with Crippen molar-refractivity contribution in [2.45, 2.75) is 70.7 Å². The maximum Gasteiger partial charge on any atom is 0.237 e. The molecule has 2 aromatic rings. The van der Waals surface area contributed by atoms with E-state index in [0.29, 0.717) is 31.1 Å². The Morgan fingerprint density at radius 3 is 2.46 bits per heavy atom. The lowest BCUT2D eigenvalue weighted by molar-refractivity contribution is -0.128. The van der Waals surface area contributed by atoms with Gasteiger partial charge in [-0.05, 0) is 98.9 Å². The van der Waals surface area contributed by atoms with Crippen LogP contribution in [0.4, 0.5) is 8.78 Å². The number of aliphatic hydroxyl groups is 1. The number of nitrogens with one attached hydrogen (secondary N) is 2. The van der Waals surface area contributed by atoms with E-state index in [4.69, 9.17) is 4.74 Å². The molecule has 1 fully saturated rings. The molecule has 0 radical (unpaired) electrons. The summed E-state index contributed by atoms with van der Waals surface area (Å²) in [5.74, 6) is -0.184. The van der Waals surface area contributed by atoms with Crippen molar-refractivity contribution in [2.24, 2.45) is 5.92 Å². The maximum atomic E-state index is 14.0. The molecule has 1 unspecified atom stereocenters. The van der Waals surface area contributed by atoms with Gasteiger partial charge in [0.25, 0.3) is 0 Å². The highest BCUT2D eigenvalue weighted by Gasteiger charge is 2.32. The van der Waals surface area contributed by atoms with E-state index in [1.165, 1.54) is 17.7 Å². The fraction of sp³-hybridized carbons (Fsp3) is 0.594. The number of hydrogen-bond acceptors (Lipinski definition) is 6. The number of nitrogens with zero attached hydrogens (tertiary/aromatic N) is 1. The molecular formula is C32H47F2N3O3S. The molecule has 0 bridgehead atoms. The summed E-state index contributed by atoms with van der Waals surface area (Å²) in [6.07, 6.45) is 4.75. The van der Waals surface area contributed by atoms with Crippen LogP contribution in [-0.2, 0) is 28.9 Å². The van der Waals surface area contributed by atoms with Crippen molar-refractivity contribution >= 4 is 17.7 Å². The third-order valence-corrected chi connectivity index (χ3v) is 8.44. The fourth-order valence-electron chi connectivity index (χ4n) is 5.44. The van der Waals surface area contributed by atoms with Gasteiger partial charge in [-0.1, -0.05) is 31.2 Å². The highest BCUT2D eigenvalue weighted by molar-refractivity contribution is 7.98. The lowest BCUT2D eigenvalue weighted by Gasteiger charge is -2.37. The molecule has 9 heteroatoms. The minimum absolute atomic E-state index is 0.111. The third kappa shape index (κ3) is 11.3. The molecule has 1 aliphatic rings. The Hall–Kier alpha value is -2.04. The number of aliphatic hydroxyl groups excluding tert-OH is 1. The summed E-state index contributed by atoms with van der Waals surface area (Å²) in [5, 5.41) is 17.6. The van der Waals surface area contributed by atoms with Crippen LogP contribution in [0.15, 0.2) is 42.5 Å². The second-order valence-electron chi connectivity index (χ2n) is 10.9. The van der Waals surface area contributed by atoms with Crippen LogP contribution >= 0.6 is 11.8 Å². The topological polar surface area (TPSA) is 73.8 Å². The molecule has 3 atom stereocenters. The molecule has 0 aromatic heterocycles. The number of benzene rings is 2. The number of piperidine rings is 1. The van der Waals surface area contributed by atoms with Crippen LogP contribution in [0.1, 0.15) is 49.8 Å². The number of thioether (sulfide) groups is 1. The zero-order valence-corrected chi connectivity index (χ0v) is 25.5. The number of carbonyl (C=O) groups excluding carboxylic acids is 1. The van der Waals surface area contributed by atoms with Crippen LogP contribution in [0.2, 0.25) is 0 Å². The first-order valence-corrected chi connectivity index (χ1v) is 16.2. The van der Waals surface area contributed by atoms with Gasteiger partial charge in [0.15, 0.2) is 0 Å². The van der Waals surface area contributed by atoms with Gasteiger partial charge in [-0.3, -0.25) is 9.69 Å². The highest BCUT2D eigenvalue weighted by atomic mass is 32.2. The number of carbonyl (C=O) groups is 1. The van der Waals surface area contributed by atoms with Crippen molar-refractivity contribution in [1.29, 1.82) is 0 Å². The second kappa shape index (κ2) is 17.8. The van der Waals surface area contributed by atoms with Gasteiger partial charge in [-0.2, -0.15) is 11.8 Å². The Kier molecular flexibility index (Phi) is 14.5. The number of likely N-dealkylation sites (tertiary alicyclic amines) is 1. The Balaban J connectivity index is 1.70. The van der Waals surface area contributed by atoms with Crippen LogP contribution in [0.5, 0.6) is 0 Å². The molecule has 3 N–H and O–H groups in total. The van der Waals surface area contributed by atoms with Crippen LogP contribution in [0, 0.1) is 17.6 Å². The van der Waals surface area contributed by atoms with Crippen LogP contribution in [0.25, 0.3) is 0 Å². The summed E-state index contributed by atoms with van der Waals surface area (Å²) in [5.41, 5.74) is 2.73. The summed E-state index contributed by atoms with van der Waals surface area (Å²) in [7, 11) is 0. The highest BCUT2D eigenvalue weighted by Crippen LogP contribution is 2.22. The molecule has 2 aromatic carbocycles. The first kappa shape index (κ1) is 33.5. The Morgan fingerprint density at radius 1 is 1.10 bits per heavy atom. The second-order valence-corrected chi connectivity index (χ2v) is 11.9. The molecule has 6 nitrogen and oxygen atoms in total. The summed E-state index contributed by atoms with van der Waals surface area (Å²) in [4.78, 5) is 16.0. The molecule has 1 saturated heterocycles. The first-order valence-electron chi connectivity index (χ1n) is 14.9. The van der Waals surface area contributed by atoms with Crippen molar-refractivity contribution in [1.82, 2.24) is 15.5 Å². The van der Waals surface area contributed by atoms with Crippen molar-refractivity contribution in [3.8, 4) is 0 Å². The molecule has 228 valence electrons. The third-order valence-electron chi connectivity index (χ3n) is 7.80. The van der Waals surface area contributed by atoms with Gasteiger partial charge in [0, 0.05) is 32.4 Å². The zero-order chi connectivity index (χ0) is 29.6. The molecule has 0 spiro atoms. The quantitative estimate of drug-likeness (QED) is 0.250. The number of hydrogen-bond donors (Lipinski definition) is 3. The van der Waals surface area contributed by atoms with E-state index in [-0.39, 0.29) is 24.9 Å². The Morgan fingerprint density at radius 2 is 1.80 bits per heavy atom. The number of amides is 1. The number of halogens is 2. The molecule has 1 heterocycles. The lowest BCUT2D eigenvalue weighted by atomic mass is 9.95. The number of rotatable bonds is 17. The van der Waals surface area contributed by atoms with Crippen molar-refractivity contribution in [3.05, 3.63) is 70.8 Å². The molecule has 1 amide bonds. The largest absolute Gasteiger partial charge is 0.390 e. The van der Waals surface area contributed by atoms with E-state index in [2.05, 4.69) is 34.6 Å². The van der Waals surface area contributed by atoms with Gasteiger partial charge in [-0.25, -0.2) is 8.78 Å². The van der Waals surface area contributed by atoms with E-state index >= 15 is 0 Å². The van der Waals surface area contributed by atoms with Crippen LogP contribution in [-0.4, -0.2) is 79.0 Å². The number of ether oxygens (including phenoxy) is 1. The van der Waals surface area contributed by atoms with Gasteiger partial charge in [-0.15, -0.1) is 0 Å². The average molecular weight is 592 g/mol. The van der Waals surface area contributed by atoms with Gasteiger partial charge < -0.3 is 20.5 Å². The van der Waals surface area contributed by atoms with Gasteiger partial charge in [0.2, 0.25) is 5.91 Å².